The lowest BCUT2D eigenvalue weighted by atomic mass is 9.97. The van der Waals surface area contributed by atoms with Crippen LogP contribution in [0.25, 0.3) is 0 Å². The number of nitrogens with one attached hydrogen (secondary N) is 1. The summed E-state index contributed by atoms with van der Waals surface area (Å²) in [4.78, 5) is 0. The molecule has 0 bridgehead atoms. The summed E-state index contributed by atoms with van der Waals surface area (Å²) in [6, 6.07) is 24.9. The van der Waals surface area contributed by atoms with E-state index in [1.807, 2.05) is 30.3 Å². The molecule has 1 saturated heterocycles. The Morgan fingerprint density at radius 3 is 1.55 bits per heavy atom. The van der Waals surface area contributed by atoms with Crippen molar-refractivity contribution in [1.82, 2.24) is 15.6 Å². The van der Waals surface area contributed by atoms with Crippen LogP contribution < -0.4 is 19.7 Å². The molecule has 174 valence electrons. The van der Waals surface area contributed by atoms with Gasteiger partial charge >= 0.3 is 0 Å². The molecule has 1 fully saturated rings. The number of benzene rings is 3. The fourth-order valence-electron chi connectivity index (χ4n) is 4.41. The lowest BCUT2D eigenvalue weighted by Crippen LogP contribution is -2.58. The maximum Gasteiger partial charge on any atom is 0.119 e. The van der Waals surface area contributed by atoms with Gasteiger partial charge in [-0.3, -0.25) is 0 Å². The Morgan fingerprint density at radius 2 is 1.09 bits per heavy atom. The highest BCUT2D eigenvalue weighted by molar-refractivity contribution is 5.30. The predicted octanol–water partition coefficient (Wildman–Crippen LogP) is 4.31. The fourth-order valence-corrected chi connectivity index (χ4v) is 4.41. The number of rotatable bonds is 9. The lowest BCUT2D eigenvalue weighted by Gasteiger charge is -2.41. The molecule has 3 aromatic rings. The second-order valence-electron chi connectivity index (χ2n) is 8.49. The van der Waals surface area contributed by atoms with E-state index in [1.165, 1.54) is 16.7 Å². The Hall–Kier alpha value is -3.06. The largest absolute Gasteiger partial charge is 0.497 e. The molecular weight excluding hydrogens is 414 g/mol. The van der Waals surface area contributed by atoms with Crippen molar-refractivity contribution in [3.63, 3.8) is 0 Å². The third-order valence-corrected chi connectivity index (χ3v) is 5.91. The Kier molecular flexibility index (Phi) is 7.83. The highest BCUT2D eigenvalue weighted by atomic mass is 16.5. The lowest BCUT2D eigenvalue weighted by molar-refractivity contribution is -0.0540. The molecule has 33 heavy (non-hydrogen) atoms. The van der Waals surface area contributed by atoms with Crippen molar-refractivity contribution < 1.29 is 14.2 Å². The summed E-state index contributed by atoms with van der Waals surface area (Å²) in [5, 5.41) is 4.59. The smallest absolute Gasteiger partial charge is 0.119 e. The second-order valence-corrected chi connectivity index (χ2v) is 8.49. The van der Waals surface area contributed by atoms with E-state index in [0.717, 1.165) is 49.8 Å². The SMILES string of the molecule is COc1cccc(CC2CN(Cc3cccc(OC)c3)NN(Cc3cccc(OC)c3)C2)c1. The standard InChI is InChI=1S/C27H33N3O3/c1-31-25-10-4-7-21(14-25)13-24-19-29(17-22-8-5-11-26(15-22)32-2)28-30(20-24)18-23-9-6-12-27(16-23)33-3/h4-12,14-16,24,28H,13,17-20H2,1-3H3. The number of nitrogens with zero attached hydrogens (tertiary/aromatic N) is 2. The third kappa shape index (κ3) is 6.48. The molecule has 4 rings (SSSR count). The average Bonchev–Trinajstić information content (AvgIpc) is 2.84. The van der Waals surface area contributed by atoms with E-state index in [1.54, 1.807) is 21.3 Å². The molecule has 1 N–H and O–H groups in total. The van der Waals surface area contributed by atoms with Gasteiger partial charge in [0.1, 0.15) is 17.2 Å². The van der Waals surface area contributed by atoms with Crippen LogP contribution in [0.1, 0.15) is 16.7 Å². The van der Waals surface area contributed by atoms with Crippen molar-refractivity contribution in [3.05, 3.63) is 89.5 Å². The minimum absolute atomic E-state index is 0.467. The van der Waals surface area contributed by atoms with Crippen LogP contribution in [0.2, 0.25) is 0 Å². The highest BCUT2D eigenvalue weighted by Gasteiger charge is 2.26. The van der Waals surface area contributed by atoms with Gasteiger partial charge in [-0.1, -0.05) is 36.4 Å². The molecule has 1 aliphatic rings. The van der Waals surface area contributed by atoms with Gasteiger partial charge in [-0.05, 0) is 65.4 Å². The van der Waals surface area contributed by atoms with E-state index in [2.05, 4.69) is 58.0 Å². The van der Waals surface area contributed by atoms with Crippen molar-refractivity contribution in [2.24, 2.45) is 5.92 Å². The van der Waals surface area contributed by atoms with Crippen molar-refractivity contribution in [3.8, 4) is 17.2 Å². The van der Waals surface area contributed by atoms with Gasteiger partial charge in [0, 0.05) is 26.2 Å². The molecule has 6 nitrogen and oxygen atoms in total. The summed E-state index contributed by atoms with van der Waals surface area (Å²) in [6.45, 7) is 3.48. The third-order valence-electron chi connectivity index (χ3n) is 5.91. The molecule has 0 radical (unpaired) electrons. The summed E-state index contributed by atoms with van der Waals surface area (Å²) in [7, 11) is 5.13. The normalized spacial score (nSPS) is 15.4. The number of methoxy groups -OCH3 is 3. The fraction of sp³-hybridized carbons (Fsp3) is 0.333. The minimum atomic E-state index is 0.467. The predicted molar refractivity (Wildman–Crippen MR) is 130 cm³/mol. The topological polar surface area (TPSA) is 46.2 Å². The highest BCUT2D eigenvalue weighted by Crippen LogP contribution is 2.22. The van der Waals surface area contributed by atoms with Crippen LogP contribution in [-0.4, -0.2) is 44.4 Å². The summed E-state index contributed by atoms with van der Waals surface area (Å²) in [5.74, 6) is 3.13. The molecule has 0 aliphatic carbocycles. The van der Waals surface area contributed by atoms with Crippen LogP contribution in [0.5, 0.6) is 17.2 Å². The van der Waals surface area contributed by atoms with Crippen LogP contribution in [0, 0.1) is 5.92 Å². The first-order valence-electron chi connectivity index (χ1n) is 11.3. The van der Waals surface area contributed by atoms with Gasteiger partial charge in [0.2, 0.25) is 0 Å². The molecule has 1 aliphatic heterocycles. The Morgan fingerprint density at radius 1 is 0.667 bits per heavy atom. The van der Waals surface area contributed by atoms with E-state index in [4.69, 9.17) is 14.2 Å². The number of ether oxygens (including phenoxy) is 3. The summed E-state index contributed by atoms with van der Waals surface area (Å²) >= 11 is 0. The number of hydrogen-bond acceptors (Lipinski definition) is 6. The van der Waals surface area contributed by atoms with Gasteiger partial charge in [0.15, 0.2) is 0 Å². The molecule has 0 spiro atoms. The van der Waals surface area contributed by atoms with Gasteiger partial charge in [-0.25, -0.2) is 10.0 Å². The maximum absolute atomic E-state index is 5.43. The van der Waals surface area contributed by atoms with Gasteiger partial charge < -0.3 is 14.2 Å². The van der Waals surface area contributed by atoms with Gasteiger partial charge in [0.05, 0.1) is 21.3 Å². The van der Waals surface area contributed by atoms with E-state index >= 15 is 0 Å². The number of hydrogen-bond donors (Lipinski definition) is 1. The van der Waals surface area contributed by atoms with Crippen molar-refractivity contribution >= 4 is 0 Å². The van der Waals surface area contributed by atoms with Crippen LogP contribution in [0.15, 0.2) is 72.8 Å². The van der Waals surface area contributed by atoms with Crippen molar-refractivity contribution in [1.29, 1.82) is 0 Å². The molecule has 6 heteroatoms. The van der Waals surface area contributed by atoms with E-state index in [9.17, 15) is 0 Å². The van der Waals surface area contributed by atoms with E-state index in [-0.39, 0.29) is 0 Å². The first kappa shape index (κ1) is 23.1. The quantitative estimate of drug-likeness (QED) is 0.528. The molecule has 3 aromatic carbocycles. The molecule has 0 unspecified atom stereocenters. The van der Waals surface area contributed by atoms with Crippen molar-refractivity contribution in [2.75, 3.05) is 34.4 Å². The zero-order valence-electron chi connectivity index (χ0n) is 19.7. The zero-order chi connectivity index (χ0) is 23.0. The number of hydrazine groups is 2. The Bertz CT molecular complexity index is 904. The molecule has 0 saturated carbocycles. The van der Waals surface area contributed by atoms with E-state index in [0.29, 0.717) is 5.92 Å². The van der Waals surface area contributed by atoms with E-state index < -0.39 is 0 Å². The van der Waals surface area contributed by atoms with Gasteiger partial charge in [0.25, 0.3) is 0 Å². The van der Waals surface area contributed by atoms with Crippen molar-refractivity contribution in [2.45, 2.75) is 19.5 Å². The Balaban J connectivity index is 1.51. The first-order chi connectivity index (χ1) is 16.1. The zero-order valence-corrected chi connectivity index (χ0v) is 19.7. The molecule has 1 heterocycles. The monoisotopic (exact) mass is 447 g/mol. The second kappa shape index (κ2) is 11.2. The summed E-state index contributed by atoms with van der Waals surface area (Å²) < 4.78 is 16.3. The molecule has 0 atom stereocenters. The summed E-state index contributed by atoms with van der Waals surface area (Å²) in [5.41, 5.74) is 7.35. The molecular formula is C27H33N3O3. The Labute approximate surface area is 196 Å². The van der Waals surface area contributed by atoms with Gasteiger partial charge in [-0.15, -0.1) is 0 Å². The van der Waals surface area contributed by atoms with Gasteiger partial charge in [-0.2, -0.15) is 5.53 Å². The van der Waals surface area contributed by atoms with Crippen LogP contribution in [-0.2, 0) is 19.5 Å². The first-order valence-corrected chi connectivity index (χ1v) is 11.3. The van der Waals surface area contributed by atoms with Crippen LogP contribution >= 0.6 is 0 Å². The van der Waals surface area contributed by atoms with Crippen LogP contribution in [0.4, 0.5) is 0 Å². The maximum atomic E-state index is 5.43. The minimum Gasteiger partial charge on any atom is -0.497 e. The molecule has 0 amide bonds. The average molecular weight is 448 g/mol. The van der Waals surface area contributed by atoms with Crippen LogP contribution in [0.3, 0.4) is 0 Å². The summed E-state index contributed by atoms with van der Waals surface area (Å²) in [6.07, 6.45) is 0.988. The molecule has 0 aromatic heterocycles.